The summed E-state index contributed by atoms with van der Waals surface area (Å²) in [5, 5.41) is 3.03. The van der Waals surface area contributed by atoms with E-state index >= 15 is 0 Å². The van der Waals surface area contributed by atoms with Crippen LogP contribution >= 0.6 is 0 Å². The van der Waals surface area contributed by atoms with Crippen molar-refractivity contribution in [3.8, 4) is 5.75 Å². The van der Waals surface area contributed by atoms with Crippen molar-refractivity contribution >= 4 is 0 Å². The SMILES string of the molecule is CNC(C)c1ccc(OCc2ccc(C)c(C)c2)cc1F. The monoisotopic (exact) mass is 287 g/mol. The molecule has 2 nitrogen and oxygen atoms in total. The second-order valence-corrected chi connectivity index (χ2v) is 5.40. The topological polar surface area (TPSA) is 21.3 Å². The van der Waals surface area contributed by atoms with Gasteiger partial charge in [-0.15, -0.1) is 0 Å². The van der Waals surface area contributed by atoms with Crippen molar-refractivity contribution < 1.29 is 9.13 Å². The van der Waals surface area contributed by atoms with Crippen LogP contribution in [0.3, 0.4) is 0 Å². The lowest BCUT2D eigenvalue weighted by Gasteiger charge is -2.13. The molecule has 112 valence electrons. The Bertz CT molecular complexity index is 625. The Hall–Kier alpha value is -1.87. The molecule has 1 atom stereocenters. The minimum Gasteiger partial charge on any atom is -0.489 e. The average Bonchev–Trinajstić information content (AvgIpc) is 2.48. The first-order valence-electron chi connectivity index (χ1n) is 7.17. The van der Waals surface area contributed by atoms with Crippen LogP contribution in [0.5, 0.6) is 5.75 Å². The van der Waals surface area contributed by atoms with Gasteiger partial charge in [0, 0.05) is 17.7 Å². The fourth-order valence-corrected chi connectivity index (χ4v) is 2.16. The highest BCUT2D eigenvalue weighted by Gasteiger charge is 2.10. The minimum atomic E-state index is -0.241. The number of rotatable bonds is 5. The summed E-state index contributed by atoms with van der Waals surface area (Å²) in [6.07, 6.45) is 0. The largest absolute Gasteiger partial charge is 0.489 e. The summed E-state index contributed by atoms with van der Waals surface area (Å²) in [7, 11) is 1.81. The fourth-order valence-electron chi connectivity index (χ4n) is 2.16. The Morgan fingerprint density at radius 2 is 1.86 bits per heavy atom. The molecule has 0 saturated heterocycles. The predicted molar refractivity (Wildman–Crippen MR) is 84.1 cm³/mol. The van der Waals surface area contributed by atoms with Gasteiger partial charge in [0.2, 0.25) is 0 Å². The Kier molecular flexibility index (Phi) is 4.97. The molecule has 21 heavy (non-hydrogen) atoms. The number of aryl methyl sites for hydroxylation is 2. The molecule has 0 aliphatic carbocycles. The molecule has 0 aliphatic heterocycles. The van der Waals surface area contributed by atoms with Crippen molar-refractivity contribution in [2.75, 3.05) is 7.05 Å². The van der Waals surface area contributed by atoms with E-state index in [1.807, 2.05) is 26.1 Å². The van der Waals surface area contributed by atoms with Gasteiger partial charge in [-0.05, 0) is 50.6 Å². The van der Waals surface area contributed by atoms with Gasteiger partial charge in [-0.1, -0.05) is 24.3 Å². The van der Waals surface area contributed by atoms with E-state index < -0.39 is 0 Å². The van der Waals surface area contributed by atoms with Crippen molar-refractivity contribution in [1.29, 1.82) is 0 Å². The van der Waals surface area contributed by atoms with Crippen molar-refractivity contribution in [2.24, 2.45) is 0 Å². The Morgan fingerprint density at radius 1 is 1.10 bits per heavy atom. The lowest BCUT2D eigenvalue weighted by molar-refractivity contribution is 0.304. The van der Waals surface area contributed by atoms with Crippen LogP contribution in [0.15, 0.2) is 36.4 Å². The van der Waals surface area contributed by atoms with E-state index in [4.69, 9.17) is 4.74 Å². The Labute approximate surface area is 126 Å². The van der Waals surface area contributed by atoms with Crippen LogP contribution in [0.1, 0.15) is 35.2 Å². The first kappa shape index (κ1) is 15.5. The molecule has 0 radical (unpaired) electrons. The summed E-state index contributed by atoms with van der Waals surface area (Å²) >= 11 is 0. The third kappa shape index (κ3) is 3.82. The van der Waals surface area contributed by atoms with E-state index in [0.717, 1.165) is 5.56 Å². The molecule has 0 aliphatic rings. The molecule has 2 rings (SSSR count). The van der Waals surface area contributed by atoms with E-state index in [1.54, 1.807) is 6.07 Å². The van der Waals surface area contributed by atoms with Crippen molar-refractivity contribution in [3.63, 3.8) is 0 Å². The maximum Gasteiger partial charge on any atom is 0.131 e. The minimum absolute atomic E-state index is 0.0150. The zero-order valence-electron chi connectivity index (χ0n) is 13.0. The molecule has 0 spiro atoms. The number of benzene rings is 2. The third-order valence-corrected chi connectivity index (χ3v) is 3.85. The third-order valence-electron chi connectivity index (χ3n) is 3.85. The van der Waals surface area contributed by atoms with Crippen molar-refractivity contribution in [1.82, 2.24) is 5.32 Å². The lowest BCUT2D eigenvalue weighted by Crippen LogP contribution is -2.13. The molecule has 0 aromatic heterocycles. The van der Waals surface area contributed by atoms with E-state index in [2.05, 4.69) is 31.3 Å². The molecular weight excluding hydrogens is 265 g/mol. The lowest BCUT2D eigenvalue weighted by atomic mass is 10.1. The molecule has 0 heterocycles. The van der Waals surface area contributed by atoms with Crippen LogP contribution < -0.4 is 10.1 Å². The van der Waals surface area contributed by atoms with Gasteiger partial charge in [0.15, 0.2) is 0 Å². The highest BCUT2D eigenvalue weighted by Crippen LogP contribution is 2.22. The number of hydrogen-bond acceptors (Lipinski definition) is 2. The first-order valence-corrected chi connectivity index (χ1v) is 7.17. The molecule has 2 aromatic rings. The maximum atomic E-state index is 14.0. The number of halogens is 1. The quantitative estimate of drug-likeness (QED) is 0.885. The number of hydrogen-bond donors (Lipinski definition) is 1. The molecule has 0 saturated carbocycles. The van der Waals surface area contributed by atoms with Crippen molar-refractivity contribution in [3.05, 3.63) is 64.5 Å². The zero-order valence-corrected chi connectivity index (χ0v) is 13.0. The van der Waals surface area contributed by atoms with Gasteiger partial charge in [0.1, 0.15) is 18.2 Å². The normalized spacial score (nSPS) is 12.2. The van der Waals surface area contributed by atoms with Gasteiger partial charge >= 0.3 is 0 Å². The van der Waals surface area contributed by atoms with Gasteiger partial charge in [-0.2, -0.15) is 0 Å². The van der Waals surface area contributed by atoms with E-state index in [1.165, 1.54) is 17.2 Å². The zero-order chi connectivity index (χ0) is 15.4. The molecule has 1 unspecified atom stereocenters. The van der Waals surface area contributed by atoms with Crippen LogP contribution in [0.4, 0.5) is 4.39 Å². The summed E-state index contributed by atoms with van der Waals surface area (Å²) in [5.74, 6) is 0.312. The Morgan fingerprint density at radius 3 is 2.48 bits per heavy atom. The Balaban J connectivity index is 2.06. The molecule has 0 fully saturated rings. The first-order chi connectivity index (χ1) is 10.0. The van der Waals surface area contributed by atoms with Gasteiger partial charge in [-0.3, -0.25) is 0 Å². The predicted octanol–water partition coefficient (Wildman–Crippen LogP) is 4.30. The average molecular weight is 287 g/mol. The summed E-state index contributed by atoms with van der Waals surface area (Å²) in [5.41, 5.74) is 4.23. The maximum absolute atomic E-state index is 14.0. The van der Waals surface area contributed by atoms with Crippen molar-refractivity contribution in [2.45, 2.75) is 33.4 Å². The summed E-state index contributed by atoms with van der Waals surface area (Å²) in [4.78, 5) is 0. The fraction of sp³-hybridized carbons (Fsp3) is 0.333. The van der Waals surface area contributed by atoms with Crippen LogP contribution in [0.25, 0.3) is 0 Å². The second kappa shape index (κ2) is 6.72. The smallest absolute Gasteiger partial charge is 0.131 e. The molecule has 1 N–H and O–H groups in total. The van der Waals surface area contributed by atoms with Crippen LogP contribution in [-0.4, -0.2) is 7.05 Å². The van der Waals surface area contributed by atoms with E-state index in [-0.39, 0.29) is 11.9 Å². The molecule has 0 bridgehead atoms. The summed E-state index contributed by atoms with van der Waals surface area (Å²) in [6, 6.07) is 11.2. The van der Waals surface area contributed by atoms with Crippen LogP contribution in [0, 0.1) is 19.7 Å². The highest BCUT2D eigenvalue weighted by atomic mass is 19.1. The van der Waals surface area contributed by atoms with Gasteiger partial charge < -0.3 is 10.1 Å². The van der Waals surface area contributed by atoms with Gasteiger partial charge in [-0.25, -0.2) is 4.39 Å². The highest BCUT2D eigenvalue weighted by molar-refractivity contribution is 5.32. The number of nitrogens with one attached hydrogen (secondary N) is 1. The molecule has 3 heteroatoms. The van der Waals surface area contributed by atoms with Gasteiger partial charge in [0.05, 0.1) is 0 Å². The molecule has 0 amide bonds. The van der Waals surface area contributed by atoms with Crippen LogP contribution in [-0.2, 0) is 6.61 Å². The second-order valence-electron chi connectivity index (χ2n) is 5.40. The van der Waals surface area contributed by atoms with E-state index in [0.29, 0.717) is 17.9 Å². The summed E-state index contributed by atoms with van der Waals surface area (Å²) < 4.78 is 19.7. The summed E-state index contributed by atoms with van der Waals surface area (Å²) in [6.45, 7) is 6.53. The van der Waals surface area contributed by atoms with E-state index in [9.17, 15) is 4.39 Å². The molecule has 2 aromatic carbocycles. The number of ether oxygens (including phenoxy) is 1. The molecular formula is C18H22FNO. The van der Waals surface area contributed by atoms with Crippen LogP contribution in [0.2, 0.25) is 0 Å². The standard InChI is InChI=1S/C18H22FNO/c1-12-5-6-15(9-13(12)2)11-21-16-7-8-17(14(3)20-4)18(19)10-16/h5-10,14,20H,11H2,1-4H3. The van der Waals surface area contributed by atoms with Gasteiger partial charge in [0.25, 0.3) is 0 Å².